The van der Waals surface area contributed by atoms with Gasteiger partial charge in [-0.1, -0.05) is 30.3 Å². The van der Waals surface area contributed by atoms with Crippen molar-refractivity contribution >= 4 is 17.6 Å². The molecular formula is C15H15N3O3. The second-order valence-corrected chi connectivity index (χ2v) is 4.46. The van der Waals surface area contributed by atoms with Gasteiger partial charge in [-0.15, -0.1) is 0 Å². The lowest BCUT2D eigenvalue weighted by Gasteiger charge is -2.15. The molecule has 1 aromatic carbocycles. The third-order valence-electron chi connectivity index (χ3n) is 3.01. The molecule has 1 atom stereocenters. The molecule has 0 spiro atoms. The third kappa shape index (κ3) is 3.64. The minimum atomic E-state index is -1.10. The lowest BCUT2D eigenvalue weighted by Crippen LogP contribution is -2.27. The van der Waals surface area contributed by atoms with Crippen LogP contribution in [0.4, 0.5) is 5.69 Å². The summed E-state index contributed by atoms with van der Waals surface area (Å²) >= 11 is 0. The number of amides is 1. The fraction of sp³-hybridized carbons (Fsp3) is 0.133. The highest BCUT2D eigenvalue weighted by Gasteiger charge is 2.19. The van der Waals surface area contributed by atoms with Gasteiger partial charge in [-0.3, -0.25) is 9.78 Å². The van der Waals surface area contributed by atoms with Crippen molar-refractivity contribution in [3.8, 4) is 0 Å². The molecule has 0 fully saturated rings. The molecule has 0 aliphatic rings. The average molecular weight is 285 g/mol. The highest BCUT2D eigenvalue weighted by atomic mass is 16.4. The van der Waals surface area contributed by atoms with Gasteiger partial charge in [0.05, 0.1) is 23.4 Å². The second-order valence-electron chi connectivity index (χ2n) is 4.46. The maximum absolute atomic E-state index is 12.3. The molecular weight excluding hydrogens is 270 g/mol. The monoisotopic (exact) mass is 285 g/mol. The molecule has 0 radical (unpaired) electrons. The Hall–Kier alpha value is -2.73. The average Bonchev–Trinajstić information content (AvgIpc) is 2.49. The van der Waals surface area contributed by atoms with Crippen molar-refractivity contribution < 1.29 is 14.7 Å². The van der Waals surface area contributed by atoms with E-state index >= 15 is 0 Å². The van der Waals surface area contributed by atoms with Crippen molar-refractivity contribution in [1.82, 2.24) is 4.98 Å². The van der Waals surface area contributed by atoms with Gasteiger partial charge in [0.2, 0.25) is 5.91 Å². The molecule has 1 unspecified atom stereocenters. The van der Waals surface area contributed by atoms with E-state index in [1.54, 1.807) is 0 Å². The van der Waals surface area contributed by atoms with Gasteiger partial charge >= 0.3 is 5.97 Å². The molecule has 1 aromatic heterocycles. The van der Waals surface area contributed by atoms with Gasteiger partial charge in [-0.05, 0) is 11.6 Å². The first kappa shape index (κ1) is 14.7. The molecule has 0 aliphatic heterocycles. The molecule has 2 rings (SSSR count). The van der Waals surface area contributed by atoms with Crippen molar-refractivity contribution in [3.63, 3.8) is 0 Å². The number of nitrogens with zero attached hydrogens (tertiary/aromatic N) is 1. The lowest BCUT2D eigenvalue weighted by atomic mass is 9.98. The number of benzene rings is 1. The molecule has 6 heteroatoms. The van der Waals surface area contributed by atoms with E-state index in [-0.39, 0.29) is 18.0 Å². The Morgan fingerprint density at radius 3 is 2.57 bits per heavy atom. The van der Waals surface area contributed by atoms with Crippen LogP contribution in [-0.4, -0.2) is 28.5 Å². The van der Waals surface area contributed by atoms with Crippen LogP contribution in [0.15, 0.2) is 48.8 Å². The van der Waals surface area contributed by atoms with Crippen molar-refractivity contribution in [2.24, 2.45) is 5.73 Å². The number of rotatable bonds is 5. The molecule has 6 nitrogen and oxygen atoms in total. The highest BCUT2D eigenvalue weighted by Crippen LogP contribution is 2.17. The van der Waals surface area contributed by atoms with Crippen LogP contribution in [0.5, 0.6) is 0 Å². The Kier molecular flexibility index (Phi) is 4.63. The quantitative estimate of drug-likeness (QED) is 0.771. The van der Waals surface area contributed by atoms with Crippen molar-refractivity contribution in [3.05, 3.63) is 59.9 Å². The normalized spacial score (nSPS) is 11.7. The van der Waals surface area contributed by atoms with E-state index in [2.05, 4.69) is 10.3 Å². The SMILES string of the molecule is NCC(C(=O)Nc1cncc(C(=O)O)c1)c1ccccc1. The summed E-state index contributed by atoms with van der Waals surface area (Å²) in [6.45, 7) is 0.155. The van der Waals surface area contributed by atoms with E-state index in [1.807, 2.05) is 30.3 Å². The van der Waals surface area contributed by atoms with E-state index < -0.39 is 11.9 Å². The van der Waals surface area contributed by atoms with Crippen molar-refractivity contribution in [2.75, 3.05) is 11.9 Å². The van der Waals surface area contributed by atoms with Crippen molar-refractivity contribution in [1.29, 1.82) is 0 Å². The van der Waals surface area contributed by atoms with Crippen LogP contribution in [0, 0.1) is 0 Å². The molecule has 0 aliphatic carbocycles. The number of hydrogen-bond acceptors (Lipinski definition) is 4. The summed E-state index contributed by atoms with van der Waals surface area (Å²) in [6.07, 6.45) is 2.61. The predicted octanol–water partition coefficient (Wildman–Crippen LogP) is 1.46. The second kappa shape index (κ2) is 6.62. The largest absolute Gasteiger partial charge is 0.478 e. The summed E-state index contributed by atoms with van der Waals surface area (Å²) < 4.78 is 0. The number of carbonyl (C=O) groups excluding carboxylic acids is 1. The number of carboxylic acid groups (broad SMARTS) is 1. The number of pyridine rings is 1. The minimum absolute atomic E-state index is 0.0109. The summed E-state index contributed by atoms with van der Waals surface area (Å²) in [5.41, 5.74) is 6.81. The van der Waals surface area contributed by atoms with E-state index in [4.69, 9.17) is 10.8 Å². The maximum Gasteiger partial charge on any atom is 0.337 e. The first-order chi connectivity index (χ1) is 10.1. The number of carboxylic acids is 1. The Morgan fingerprint density at radius 2 is 1.95 bits per heavy atom. The summed E-state index contributed by atoms with van der Waals surface area (Å²) in [5.74, 6) is -1.90. The molecule has 1 heterocycles. The molecule has 21 heavy (non-hydrogen) atoms. The van der Waals surface area contributed by atoms with E-state index in [1.165, 1.54) is 18.5 Å². The van der Waals surface area contributed by atoms with Gasteiger partial charge in [-0.25, -0.2) is 4.79 Å². The van der Waals surface area contributed by atoms with Gasteiger partial charge in [0.15, 0.2) is 0 Å². The number of anilines is 1. The molecule has 2 aromatic rings. The van der Waals surface area contributed by atoms with Crippen LogP contribution in [0.3, 0.4) is 0 Å². The third-order valence-corrected chi connectivity index (χ3v) is 3.01. The Labute approximate surface area is 121 Å². The summed E-state index contributed by atoms with van der Waals surface area (Å²) in [4.78, 5) is 26.9. The van der Waals surface area contributed by atoms with Crippen LogP contribution in [0.1, 0.15) is 21.8 Å². The predicted molar refractivity (Wildman–Crippen MR) is 78.1 cm³/mol. The molecule has 4 N–H and O–H groups in total. The fourth-order valence-corrected chi connectivity index (χ4v) is 1.93. The van der Waals surface area contributed by atoms with Gasteiger partial charge in [-0.2, -0.15) is 0 Å². The van der Waals surface area contributed by atoms with Crippen LogP contribution in [-0.2, 0) is 4.79 Å². The van der Waals surface area contributed by atoms with Gasteiger partial charge in [0.1, 0.15) is 0 Å². The van der Waals surface area contributed by atoms with Crippen LogP contribution >= 0.6 is 0 Å². The molecule has 1 amide bonds. The standard InChI is InChI=1S/C15H15N3O3/c16-7-13(10-4-2-1-3-5-10)14(19)18-12-6-11(15(20)21)8-17-9-12/h1-6,8-9,13H,7,16H2,(H,18,19)(H,20,21). The molecule has 0 saturated carbocycles. The minimum Gasteiger partial charge on any atom is -0.478 e. The number of carbonyl (C=O) groups is 2. The summed E-state index contributed by atoms with van der Waals surface area (Å²) in [5, 5.41) is 11.5. The van der Waals surface area contributed by atoms with E-state index in [0.717, 1.165) is 5.56 Å². The number of aromatic carboxylic acids is 1. The molecule has 0 bridgehead atoms. The summed E-state index contributed by atoms with van der Waals surface area (Å²) in [7, 11) is 0. The first-order valence-electron chi connectivity index (χ1n) is 6.36. The Balaban J connectivity index is 2.16. The first-order valence-corrected chi connectivity index (χ1v) is 6.36. The van der Waals surface area contributed by atoms with Gasteiger partial charge in [0.25, 0.3) is 0 Å². The van der Waals surface area contributed by atoms with Crippen molar-refractivity contribution in [2.45, 2.75) is 5.92 Å². The molecule has 108 valence electrons. The number of nitrogens with one attached hydrogen (secondary N) is 1. The van der Waals surface area contributed by atoms with Crippen LogP contribution in [0.25, 0.3) is 0 Å². The zero-order valence-electron chi connectivity index (χ0n) is 11.2. The van der Waals surface area contributed by atoms with E-state index in [0.29, 0.717) is 5.69 Å². The smallest absolute Gasteiger partial charge is 0.337 e. The Bertz CT molecular complexity index is 644. The van der Waals surface area contributed by atoms with Gasteiger partial charge < -0.3 is 16.2 Å². The summed E-state index contributed by atoms with van der Waals surface area (Å²) in [6, 6.07) is 10.5. The lowest BCUT2D eigenvalue weighted by molar-refractivity contribution is -0.117. The maximum atomic E-state index is 12.3. The fourth-order valence-electron chi connectivity index (χ4n) is 1.93. The number of aromatic nitrogens is 1. The highest BCUT2D eigenvalue weighted by molar-refractivity contribution is 5.97. The zero-order valence-corrected chi connectivity index (χ0v) is 11.2. The van der Waals surface area contributed by atoms with Crippen LogP contribution < -0.4 is 11.1 Å². The van der Waals surface area contributed by atoms with Crippen LogP contribution in [0.2, 0.25) is 0 Å². The number of nitrogens with two attached hydrogens (primary N) is 1. The van der Waals surface area contributed by atoms with Gasteiger partial charge in [0, 0.05) is 12.7 Å². The molecule has 0 saturated heterocycles. The Morgan fingerprint density at radius 1 is 1.24 bits per heavy atom. The zero-order chi connectivity index (χ0) is 15.2. The number of hydrogen-bond donors (Lipinski definition) is 3. The topological polar surface area (TPSA) is 105 Å². The van der Waals surface area contributed by atoms with E-state index in [9.17, 15) is 9.59 Å².